The normalized spacial score (nSPS) is 10.4. The monoisotopic (exact) mass is 416 g/mol. The van der Waals surface area contributed by atoms with E-state index in [0.717, 1.165) is 18.8 Å². The first-order valence-electron chi connectivity index (χ1n) is 9.98. The molecule has 158 valence electrons. The van der Waals surface area contributed by atoms with Crippen molar-refractivity contribution in [1.29, 1.82) is 0 Å². The molecule has 0 unspecified atom stereocenters. The highest BCUT2D eigenvalue weighted by Gasteiger charge is 2.15. The number of pyridine rings is 1. The van der Waals surface area contributed by atoms with Crippen LogP contribution in [0.25, 0.3) is 11.3 Å². The zero-order valence-corrected chi connectivity index (χ0v) is 17.5. The summed E-state index contributed by atoms with van der Waals surface area (Å²) in [6, 6.07) is 15.3. The number of anilines is 2. The number of rotatable bonds is 8. The van der Waals surface area contributed by atoms with Gasteiger partial charge >= 0.3 is 0 Å². The van der Waals surface area contributed by atoms with Crippen LogP contribution in [0.3, 0.4) is 0 Å². The van der Waals surface area contributed by atoms with Crippen LogP contribution in [0.5, 0.6) is 0 Å². The van der Waals surface area contributed by atoms with Gasteiger partial charge in [0.1, 0.15) is 6.29 Å². The van der Waals surface area contributed by atoms with E-state index in [2.05, 4.69) is 29.0 Å². The average Bonchev–Trinajstić information content (AvgIpc) is 2.80. The average molecular weight is 416 g/mol. The van der Waals surface area contributed by atoms with E-state index in [4.69, 9.17) is 5.73 Å². The Morgan fingerprint density at radius 3 is 2.48 bits per heavy atom. The Morgan fingerprint density at radius 1 is 1.03 bits per heavy atom. The maximum atomic E-state index is 12.8. The number of hydrogen-bond donors (Lipinski definition) is 2. The molecular formula is C24H24N4O3. The summed E-state index contributed by atoms with van der Waals surface area (Å²) in [6.45, 7) is 5.75. The number of nitrogens with zero attached hydrogens (tertiary/aromatic N) is 2. The molecule has 1 heterocycles. The van der Waals surface area contributed by atoms with Crippen molar-refractivity contribution >= 4 is 29.5 Å². The van der Waals surface area contributed by atoms with Crippen LogP contribution in [0, 0.1) is 0 Å². The molecule has 0 aliphatic rings. The molecule has 1 aromatic heterocycles. The van der Waals surface area contributed by atoms with Gasteiger partial charge in [-0.2, -0.15) is 0 Å². The van der Waals surface area contributed by atoms with Crippen LogP contribution in [0.1, 0.15) is 44.9 Å². The minimum atomic E-state index is -0.556. The molecule has 0 saturated carbocycles. The van der Waals surface area contributed by atoms with E-state index in [0.29, 0.717) is 39.9 Å². The van der Waals surface area contributed by atoms with E-state index < -0.39 is 5.91 Å². The Balaban J connectivity index is 2.06. The molecule has 0 saturated heterocycles. The number of primary amides is 1. The smallest absolute Gasteiger partial charge is 0.255 e. The summed E-state index contributed by atoms with van der Waals surface area (Å²) in [7, 11) is 0. The summed E-state index contributed by atoms with van der Waals surface area (Å²) < 4.78 is 0. The van der Waals surface area contributed by atoms with Crippen LogP contribution in [0.2, 0.25) is 0 Å². The van der Waals surface area contributed by atoms with Crippen LogP contribution in [0.15, 0.2) is 60.8 Å². The molecule has 0 bridgehead atoms. The van der Waals surface area contributed by atoms with Crippen LogP contribution in [-0.4, -0.2) is 36.2 Å². The molecule has 0 atom stereocenters. The first-order valence-corrected chi connectivity index (χ1v) is 9.98. The van der Waals surface area contributed by atoms with Crippen LogP contribution >= 0.6 is 0 Å². The van der Waals surface area contributed by atoms with Crippen molar-refractivity contribution in [3.8, 4) is 11.3 Å². The lowest BCUT2D eigenvalue weighted by atomic mass is 10.0. The second kappa shape index (κ2) is 9.67. The number of amides is 2. The summed E-state index contributed by atoms with van der Waals surface area (Å²) in [5.74, 6) is -0.911. The largest absolute Gasteiger partial charge is 0.372 e. The molecule has 3 N–H and O–H groups in total. The van der Waals surface area contributed by atoms with Crippen LogP contribution in [-0.2, 0) is 0 Å². The molecule has 2 aromatic carbocycles. The molecule has 2 amide bonds. The van der Waals surface area contributed by atoms with Gasteiger partial charge in [0.05, 0.1) is 11.4 Å². The topological polar surface area (TPSA) is 105 Å². The second-order valence-corrected chi connectivity index (χ2v) is 6.89. The van der Waals surface area contributed by atoms with Gasteiger partial charge in [-0.1, -0.05) is 12.1 Å². The first kappa shape index (κ1) is 21.7. The highest BCUT2D eigenvalue weighted by Crippen LogP contribution is 2.32. The number of nitrogens with two attached hydrogens (primary N) is 1. The molecule has 7 nitrogen and oxygen atoms in total. The Hall–Kier alpha value is -4.00. The summed E-state index contributed by atoms with van der Waals surface area (Å²) in [6.07, 6.45) is 2.21. The lowest BCUT2D eigenvalue weighted by Gasteiger charge is -2.23. The van der Waals surface area contributed by atoms with E-state index in [9.17, 15) is 14.4 Å². The highest BCUT2D eigenvalue weighted by atomic mass is 16.2. The van der Waals surface area contributed by atoms with E-state index in [1.54, 1.807) is 30.3 Å². The number of carbonyl (C=O) groups excluding carboxylic acids is 3. The fraction of sp³-hybridized carbons (Fsp3) is 0.167. The van der Waals surface area contributed by atoms with E-state index in [1.165, 1.54) is 12.3 Å². The van der Waals surface area contributed by atoms with E-state index in [1.807, 2.05) is 18.2 Å². The SMILES string of the molecule is CCN(CC)c1ccc(NC(=O)c2cccc(C=O)c2)c(-c2cc(C(N)=O)ccn2)c1. The van der Waals surface area contributed by atoms with Crippen LogP contribution < -0.4 is 16.0 Å². The summed E-state index contributed by atoms with van der Waals surface area (Å²) >= 11 is 0. The van der Waals surface area contributed by atoms with Crippen molar-refractivity contribution < 1.29 is 14.4 Å². The van der Waals surface area contributed by atoms with E-state index >= 15 is 0 Å². The van der Waals surface area contributed by atoms with Gasteiger partial charge in [-0.05, 0) is 56.3 Å². The number of benzene rings is 2. The van der Waals surface area contributed by atoms with Crippen molar-refractivity contribution in [2.45, 2.75) is 13.8 Å². The molecule has 0 fully saturated rings. The van der Waals surface area contributed by atoms with Crippen molar-refractivity contribution in [3.63, 3.8) is 0 Å². The van der Waals surface area contributed by atoms with Gasteiger partial charge in [0, 0.05) is 47.2 Å². The van der Waals surface area contributed by atoms with Crippen molar-refractivity contribution in [2.75, 3.05) is 23.3 Å². The zero-order chi connectivity index (χ0) is 22.4. The molecule has 31 heavy (non-hydrogen) atoms. The molecule has 0 radical (unpaired) electrons. The molecule has 0 aliphatic heterocycles. The summed E-state index contributed by atoms with van der Waals surface area (Å²) in [4.78, 5) is 42.1. The summed E-state index contributed by atoms with van der Waals surface area (Å²) in [5.41, 5.74) is 9.21. The second-order valence-electron chi connectivity index (χ2n) is 6.89. The highest BCUT2D eigenvalue weighted by molar-refractivity contribution is 6.07. The molecule has 7 heteroatoms. The van der Waals surface area contributed by atoms with Gasteiger partial charge in [0.15, 0.2) is 0 Å². The Kier molecular flexibility index (Phi) is 6.77. The Bertz CT molecular complexity index is 1120. The van der Waals surface area contributed by atoms with Crippen molar-refractivity contribution in [3.05, 3.63) is 77.5 Å². The van der Waals surface area contributed by atoms with Gasteiger partial charge in [-0.3, -0.25) is 19.4 Å². The maximum Gasteiger partial charge on any atom is 0.255 e. The summed E-state index contributed by atoms with van der Waals surface area (Å²) in [5, 5.41) is 2.90. The predicted molar refractivity (Wildman–Crippen MR) is 122 cm³/mol. The number of hydrogen-bond acceptors (Lipinski definition) is 5. The van der Waals surface area contributed by atoms with Gasteiger partial charge in [-0.15, -0.1) is 0 Å². The zero-order valence-electron chi connectivity index (χ0n) is 17.5. The number of carbonyl (C=O) groups is 3. The number of nitrogens with one attached hydrogen (secondary N) is 1. The van der Waals surface area contributed by atoms with Crippen molar-refractivity contribution in [1.82, 2.24) is 4.98 Å². The van der Waals surface area contributed by atoms with Crippen LogP contribution in [0.4, 0.5) is 11.4 Å². The fourth-order valence-electron chi connectivity index (χ4n) is 3.32. The Labute approximate surface area is 180 Å². The third kappa shape index (κ3) is 4.95. The molecule has 0 aliphatic carbocycles. The van der Waals surface area contributed by atoms with Gasteiger partial charge < -0.3 is 16.0 Å². The molecule has 0 spiro atoms. The van der Waals surface area contributed by atoms with E-state index in [-0.39, 0.29) is 5.91 Å². The minimum absolute atomic E-state index is 0.328. The van der Waals surface area contributed by atoms with Gasteiger partial charge in [0.2, 0.25) is 5.91 Å². The lowest BCUT2D eigenvalue weighted by molar-refractivity contribution is 0.0997. The fourth-order valence-corrected chi connectivity index (χ4v) is 3.32. The third-order valence-corrected chi connectivity index (χ3v) is 4.99. The predicted octanol–water partition coefficient (Wildman–Crippen LogP) is 3.76. The molecular weight excluding hydrogens is 392 g/mol. The standard InChI is InChI=1S/C24H24N4O3/c1-3-28(4-2)19-8-9-21(27-24(31)18-7-5-6-16(12-18)15-29)20(14-19)22-13-17(23(25)30)10-11-26-22/h5-15H,3-4H2,1-2H3,(H2,25,30)(H,27,31). The molecule has 3 aromatic rings. The first-order chi connectivity index (χ1) is 15.0. The minimum Gasteiger partial charge on any atom is -0.372 e. The number of aldehydes is 1. The Morgan fingerprint density at radius 2 is 1.81 bits per heavy atom. The number of aromatic nitrogens is 1. The molecule has 3 rings (SSSR count). The quantitative estimate of drug-likeness (QED) is 0.544. The van der Waals surface area contributed by atoms with Gasteiger partial charge in [0.25, 0.3) is 5.91 Å². The third-order valence-electron chi connectivity index (χ3n) is 4.99. The lowest BCUT2D eigenvalue weighted by Crippen LogP contribution is -2.22. The van der Waals surface area contributed by atoms with Gasteiger partial charge in [-0.25, -0.2) is 0 Å². The maximum absolute atomic E-state index is 12.8. The van der Waals surface area contributed by atoms with Crippen molar-refractivity contribution in [2.24, 2.45) is 5.73 Å².